The van der Waals surface area contributed by atoms with Crippen LogP contribution in [0.15, 0.2) is 53.0 Å². The van der Waals surface area contributed by atoms with Gasteiger partial charge in [-0.25, -0.2) is 0 Å². The molecule has 0 unspecified atom stereocenters. The third kappa shape index (κ3) is 3.73. The molecule has 0 atom stereocenters. The van der Waals surface area contributed by atoms with E-state index in [1.165, 1.54) is 0 Å². The lowest BCUT2D eigenvalue weighted by Crippen LogP contribution is -2.00. The molecule has 0 spiro atoms. The summed E-state index contributed by atoms with van der Waals surface area (Å²) in [5, 5.41) is 10.9. The van der Waals surface area contributed by atoms with E-state index in [9.17, 15) is 5.26 Å². The van der Waals surface area contributed by atoms with Crippen molar-refractivity contribution in [3.63, 3.8) is 0 Å². The van der Waals surface area contributed by atoms with Gasteiger partial charge in [0.05, 0.1) is 22.4 Å². The summed E-state index contributed by atoms with van der Waals surface area (Å²) in [5.41, 5.74) is 5.30. The summed E-state index contributed by atoms with van der Waals surface area (Å²) < 4.78 is 3.03. The van der Waals surface area contributed by atoms with Crippen molar-refractivity contribution < 1.29 is 0 Å². The zero-order valence-corrected chi connectivity index (χ0v) is 17.3. The van der Waals surface area contributed by atoms with Gasteiger partial charge in [0.15, 0.2) is 0 Å². The lowest BCUT2D eigenvalue weighted by atomic mass is 10.0. The first-order valence-electron chi connectivity index (χ1n) is 7.93. The number of nitriles is 1. The van der Waals surface area contributed by atoms with Crippen molar-refractivity contribution in [3.8, 4) is 11.8 Å². The third-order valence-corrected chi connectivity index (χ3v) is 5.28. The molecule has 0 amide bonds. The van der Waals surface area contributed by atoms with Crippen LogP contribution >= 0.6 is 39.1 Å². The largest absolute Gasteiger partial charge is 0.316 e. The molecule has 2 nitrogen and oxygen atoms in total. The monoisotopic (exact) mass is 444 g/mol. The molecule has 0 N–H and O–H groups in total. The molecule has 0 bridgehead atoms. The number of halogens is 3. The van der Waals surface area contributed by atoms with Crippen LogP contribution in [0, 0.1) is 25.2 Å². The molecule has 3 aromatic rings. The summed E-state index contributed by atoms with van der Waals surface area (Å²) >= 11 is 15.9. The van der Waals surface area contributed by atoms with Crippen molar-refractivity contribution in [2.24, 2.45) is 0 Å². The molecule has 0 saturated carbocycles. The molecule has 0 aliphatic rings. The van der Waals surface area contributed by atoms with E-state index in [0.29, 0.717) is 15.6 Å². The molecule has 26 heavy (non-hydrogen) atoms. The fraction of sp³-hybridized carbons (Fsp3) is 0.0952. The highest BCUT2D eigenvalue weighted by Gasteiger charge is 2.13. The van der Waals surface area contributed by atoms with Crippen LogP contribution in [0.5, 0.6) is 0 Å². The van der Waals surface area contributed by atoms with E-state index < -0.39 is 0 Å². The summed E-state index contributed by atoms with van der Waals surface area (Å²) in [6.07, 6.45) is 1.90. The third-order valence-electron chi connectivity index (χ3n) is 4.19. The van der Waals surface area contributed by atoms with E-state index in [4.69, 9.17) is 23.2 Å². The normalized spacial score (nSPS) is 11.5. The first-order valence-corrected chi connectivity index (χ1v) is 9.47. The minimum absolute atomic E-state index is 0.606. The standard InChI is InChI=1S/C21H15BrCl2N2/c1-13-9-16(10-17(12-25)15-3-5-18(22)6-4-15)14(2)26(13)21-11-19(23)7-8-20(21)24/h3-11H,1-2H3/b17-10-. The first-order chi connectivity index (χ1) is 12.4. The minimum atomic E-state index is 0.606. The Labute approximate surface area is 171 Å². The average molecular weight is 446 g/mol. The number of rotatable bonds is 3. The van der Waals surface area contributed by atoms with E-state index in [1.54, 1.807) is 12.1 Å². The summed E-state index contributed by atoms with van der Waals surface area (Å²) in [7, 11) is 0. The maximum Gasteiger partial charge on any atom is 0.0998 e. The van der Waals surface area contributed by atoms with Crippen molar-refractivity contribution in [3.05, 3.63) is 85.6 Å². The molecule has 0 aliphatic carbocycles. The second kappa shape index (κ2) is 7.72. The van der Waals surface area contributed by atoms with E-state index in [0.717, 1.165) is 32.7 Å². The zero-order chi connectivity index (χ0) is 18.8. The zero-order valence-electron chi connectivity index (χ0n) is 14.2. The van der Waals surface area contributed by atoms with E-state index in [1.807, 2.05) is 56.3 Å². The smallest absolute Gasteiger partial charge is 0.0998 e. The molecule has 0 radical (unpaired) electrons. The molecule has 2 aromatic carbocycles. The maximum absolute atomic E-state index is 9.60. The van der Waals surface area contributed by atoms with Gasteiger partial charge in [-0.2, -0.15) is 5.26 Å². The summed E-state index contributed by atoms with van der Waals surface area (Å²) in [5.74, 6) is 0. The van der Waals surface area contributed by atoms with Gasteiger partial charge in [-0.1, -0.05) is 51.3 Å². The second-order valence-corrected chi connectivity index (χ2v) is 7.69. The molecular formula is C21H15BrCl2N2. The van der Waals surface area contributed by atoms with Crippen LogP contribution in [0.1, 0.15) is 22.5 Å². The number of benzene rings is 2. The minimum Gasteiger partial charge on any atom is -0.316 e. The number of aryl methyl sites for hydroxylation is 1. The number of hydrogen-bond acceptors (Lipinski definition) is 1. The van der Waals surface area contributed by atoms with Crippen molar-refractivity contribution in [1.29, 1.82) is 5.26 Å². The highest BCUT2D eigenvalue weighted by Crippen LogP contribution is 2.30. The number of allylic oxidation sites excluding steroid dienone is 1. The lowest BCUT2D eigenvalue weighted by molar-refractivity contribution is 0.965. The van der Waals surface area contributed by atoms with Gasteiger partial charge in [0.1, 0.15) is 0 Å². The van der Waals surface area contributed by atoms with Gasteiger partial charge in [0.2, 0.25) is 0 Å². The fourth-order valence-electron chi connectivity index (χ4n) is 2.93. The predicted molar refractivity (Wildman–Crippen MR) is 113 cm³/mol. The average Bonchev–Trinajstić information content (AvgIpc) is 2.89. The van der Waals surface area contributed by atoms with Crippen molar-refractivity contribution >= 4 is 50.8 Å². The van der Waals surface area contributed by atoms with Crippen LogP contribution < -0.4 is 0 Å². The van der Waals surface area contributed by atoms with Crippen LogP contribution in [0.4, 0.5) is 0 Å². The quantitative estimate of drug-likeness (QED) is 0.391. The number of nitrogens with zero attached hydrogens (tertiary/aromatic N) is 2. The number of hydrogen-bond donors (Lipinski definition) is 0. The number of aromatic nitrogens is 1. The Morgan fingerprint density at radius 3 is 2.42 bits per heavy atom. The Morgan fingerprint density at radius 1 is 1.08 bits per heavy atom. The van der Waals surface area contributed by atoms with Crippen LogP contribution in [-0.4, -0.2) is 4.57 Å². The van der Waals surface area contributed by atoms with Crippen molar-refractivity contribution in [2.45, 2.75) is 13.8 Å². The summed E-state index contributed by atoms with van der Waals surface area (Å²) in [4.78, 5) is 0. The lowest BCUT2D eigenvalue weighted by Gasteiger charge is -2.12. The Bertz CT molecular complexity index is 1040. The molecule has 0 fully saturated rings. The Morgan fingerprint density at radius 2 is 1.77 bits per heavy atom. The van der Waals surface area contributed by atoms with Crippen LogP contribution in [-0.2, 0) is 0 Å². The first kappa shape index (κ1) is 18.8. The topological polar surface area (TPSA) is 28.7 Å². The second-order valence-electron chi connectivity index (χ2n) is 5.93. The SMILES string of the molecule is Cc1cc(/C=C(/C#N)c2ccc(Br)cc2)c(C)n1-c1cc(Cl)ccc1Cl. The molecule has 0 aliphatic heterocycles. The fourth-order valence-corrected chi connectivity index (χ4v) is 3.56. The van der Waals surface area contributed by atoms with Crippen molar-refractivity contribution in [2.75, 3.05) is 0 Å². The van der Waals surface area contributed by atoms with Gasteiger partial charge < -0.3 is 4.57 Å². The van der Waals surface area contributed by atoms with Crippen molar-refractivity contribution in [1.82, 2.24) is 4.57 Å². The Kier molecular flexibility index (Phi) is 5.58. The molecule has 1 aromatic heterocycles. The Hall–Kier alpha value is -1.99. The van der Waals surface area contributed by atoms with Gasteiger partial charge in [-0.15, -0.1) is 0 Å². The van der Waals surface area contributed by atoms with Gasteiger partial charge in [0, 0.05) is 20.9 Å². The summed E-state index contributed by atoms with van der Waals surface area (Å²) in [6, 6.07) is 17.4. The molecule has 5 heteroatoms. The van der Waals surface area contributed by atoms with Gasteiger partial charge in [-0.05, 0) is 67.4 Å². The van der Waals surface area contributed by atoms with Crippen LogP contribution in [0.2, 0.25) is 10.0 Å². The van der Waals surface area contributed by atoms with E-state index in [-0.39, 0.29) is 0 Å². The predicted octanol–water partition coefficient (Wildman–Crippen LogP) is 7.23. The highest BCUT2D eigenvalue weighted by molar-refractivity contribution is 9.10. The van der Waals surface area contributed by atoms with E-state index >= 15 is 0 Å². The van der Waals surface area contributed by atoms with Crippen LogP contribution in [0.25, 0.3) is 17.3 Å². The highest BCUT2D eigenvalue weighted by atomic mass is 79.9. The van der Waals surface area contributed by atoms with Gasteiger partial charge in [0.25, 0.3) is 0 Å². The molecular weight excluding hydrogens is 431 g/mol. The molecule has 130 valence electrons. The maximum atomic E-state index is 9.60. The summed E-state index contributed by atoms with van der Waals surface area (Å²) in [6.45, 7) is 4.01. The van der Waals surface area contributed by atoms with Gasteiger partial charge >= 0.3 is 0 Å². The molecule has 0 saturated heterocycles. The molecule has 3 rings (SSSR count). The Balaban J connectivity index is 2.12. The van der Waals surface area contributed by atoms with Crippen LogP contribution in [0.3, 0.4) is 0 Å². The van der Waals surface area contributed by atoms with Gasteiger partial charge in [-0.3, -0.25) is 0 Å². The van der Waals surface area contributed by atoms with E-state index in [2.05, 4.69) is 26.6 Å². The molecule has 1 heterocycles.